The molecule has 252 valence electrons. The largest absolute Gasteiger partial charge is 0.469 e. The molecule has 0 rings (SSSR count). The van der Waals surface area contributed by atoms with Crippen LogP contribution in [0, 0.1) is 0 Å². The van der Waals surface area contributed by atoms with Gasteiger partial charge in [0.05, 0.1) is 6.61 Å². The van der Waals surface area contributed by atoms with Crippen molar-refractivity contribution in [2.75, 3.05) is 13.2 Å². The Balaban J connectivity index is 4.09. The third kappa shape index (κ3) is 33.3. The molecule has 0 spiro atoms. The van der Waals surface area contributed by atoms with Gasteiger partial charge in [0, 0.05) is 12.8 Å². The minimum Gasteiger partial charge on any atom is -0.462 e. The Kier molecular flexibility index (Phi) is 29.5. The van der Waals surface area contributed by atoms with Gasteiger partial charge in [0.25, 0.3) is 0 Å². The molecule has 43 heavy (non-hydrogen) atoms. The Morgan fingerprint density at radius 2 is 1.09 bits per heavy atom. The highest BCUT2D eigenvalue weighted by Gasteiger charge is 2.22. The molecule has 0 aliphatic carbocycles. The highest BCUT2D eigenvalue weighted by Crippen LogP contribution is 2.35. The van der Waals surface area contributed by atoms with Crippen LogP contribution in [0.2, 0.25) is 0 Å². The molecule has 0 aliphatic rings. The van der Waals surface area contributed by atoms with Crippen molar-refractivity contribution in [1.82, 2.24) is 0 Å². The fraction of sp³-hybridized carbons (Fsp3) is 0.824. The molecule has 0 aromatic heterocycles. The van der Waals surface area contributed by atoms with Crippen LogP contribution in [0.1, 0.15) is 162 Å². The van der Waals surface area contributed by atoms with Gasteiger partial charge in [-0.05, 0) is 32.1 Å². The lowest BCUT2D eigenvalue weighted by Gasteiger charge is -2.18. The number of hydrogen-bond donors (Lipinski definition) is 2. The summed E-state index contributed by atoms with van der Waals surface area (Å²) in [5, 5.41) is 0. The predicted octanol–water partition coefficient (Wildman–Crippen LogP) is 9.68. The smallest absolute Gasteiger partial charge is 0.462 e. The molecule has 0 heterocycles. The number of esters is 2. The summed E-state index contributed by atoms with van der Waals surface area (Å²) in [7, 11) is -4.75. The van der Waals surface area contributed by atoms with E-state index >= 15 is 0 Å². The molecule has 8 nitrogen and oxygen atoms in total. The second kappa shape index (κ2) is 30.6. The fourth-order valence-corrected chi connectivity index (χ4v) is 5.02. The highest BCUT2D eigenvalue weighted by molar-refractivity contribution is 7.46. The van der Waals surface area contributed by atoms with Crippen LogP contribution in [0.3, 0.4) is 0 Å². The van der Waals surface area contributed by atoms with Crippen molar-refractivity contribution < 1.29 is 37.9 Å². The number of hydrogen-bond acceptors (Lipinski definition) is 6. The molecular weight excluding hydrogens is 567 g/mol. The molecule has 0 aliphatic heterocycles. The predicted molar refractivity (Wildman–Crippen MR) is 175 cm³/mol. The van der Waals surface area contributed by atoms with Gasteiger partial charge in [0.1, 0.15) is 6.61 Å². The Morgan fingerprint density at radius 3 is 1.63 bits per heavy atom. The molecule has 2 N–H and O–H groups in total. The standard InChI is InChI=1S/C34H63O8P/c1-3-5-7-9-11-13-15-17-19-21-23-25-27-29-34(36)42-32(31-41-43(37,38)39)30-40-33(35)28-26-24-22-20-18-16-14-12-10-8-6-4-2/h17,19,23,25,32H,3-16,18,20-22,24,26-31H2,1-2H3,(H2,37,38,39)/b19-17+,25-23+. The number of phosphoric acid groups is 1. The van der Waals surface area contributed by atoms with Gasteiger partial charge in [-0.2, -0.15) is 0 Å². The summed E-state index contributed by atoms with van der Waals surface area (Å²) >= 11 is 0. The zero-order valence-corrected chi connectivity index (χ0v) is 28.2. The van der Waals surface area contributed by atoms with E-state index in [2.05, 4.69) is 30.5 Å². The summed E-state index contributed by atoms with van der Waals surface area (Å²) in [6.45, 7) is 3.60. The third-order valence-corrected chi connectivity index (χ3v) is 7.72. The topological polar surface area (TPSA) is 119 Å². The van der Waals surface area contributed by atoms with Crippen LogP contribution >= 0.6 is 7.82 Å². The molecule has 1 unspecified atom stereocenters. The van der Waals surface area contributed by atoms with Crippen molar-refractivity contribution >= 4 is 19.8 Å². The van der Waals surface area contributed by atoms with Crippen LogP contribution in [0.25, 0.3) is 0 Å². The Hall–Kier alpha value is -1.47. The van der Waals surface area contributed by atoms with Crippen molar-refractivity contribution in [3.8, 4) is 0 Å². The van der Waals surface area contributed by atoms with Crippen molar-refractivity contribution in [3.05, 3.63) is 24.3 Å². The average molecular weight is 631 g/mol. The van der Waals surface area contributed by atoms with E-state index in [-0.39, 0.29) is 19.4 Å². The maximum atomic E-state index is 12.3. The maximum absolute atomic E-state index is 12.3. The number of ether oxygens (including phenoxy) is 2. The molecular formula is C34H63O8P. The van der Waals surface area contributed by atoms with Crippen LogP contribution in [-0.2, 0) is 28.2 Å². The number of phosphoric ester groups is 1. The van der Waals surface area contributed by atoms with Crippen molar-refractivity contribution in [2.24, 2.45) is 0 Å². The Bertz CT molecular complexity index is 761. The van der Waals surface area contributed by atoms with Gasteiger partial charge >= 0.3 is 19.8 Å². The Labute approximate surface area is 262 Å². The fourth-order valence-electron chi connectivity index (χ4n) is 4.66. The first-order valence-corrected chi connectivity index (χ1v) is 18.7. The van der Waals surface area contributed by atoms with Gasteiger partial charge < -0.3 is 19.3 Å². The van der Waals surface area contributed by atoms with Crippen molar-refractivity contribution in [2.45, 2.75) is 168 Å². The van der Waals surface area contributed by atoms with Gasteiger partial charge in [-0.1, -0.05) is 141 Å². The van der Waals surface area contributed by atoms with E-state index < -0.39 is 32.5 Å². The van der Waals surface area contributed by atoms with Crippen LogP contribution in [0.4, 0.5) is 0 Å². The molecule has 0 bridgehead atoms. The summed E-state index contributed by atoms with van der Waals surface area (Å²) in [5.74, 6) is -0.962. The normalized spacial score (nSPS) is 12.7. The van der Waals surface area contributed by atoms with Crippen LogP contribution in [0.15, 0.2) is 24.3 Å². The first-order chi connectivity index (χ1) is 20.8. The number of carbonyl (C=O) groups excluding carboxylic acids is 2. The number of carbonyl (C=O) groups is 2. The molecule has 0 saturated heterocycles. The van der Waals surface area contributed by atoms with E-state index in [1.807, 2.05) is 12.2 Å². The SMILES string of the molecule is CCCCCCCC/C=C/C/C=C/CCC(=O)OC(COC(=O)CCCCCCCCCCCCCC)COP(=O)(O)O. The lowest BCUT2D eigenvalue weighted by atomic mass is 10.0. The molecule has 0 fully saturated rings. The van der Waals surface area contributed by atoms with E-state index in [1.54, 1.807) is 0 Å². The molecule has 0 amide bonds. The lowest BCUT2D eigenvalue weighted by molar-refractivity contribution is -0.161. The van der Waals surface area contributed by atoms with E-state index in [0.717, 1.165) is 32.1 Å². The van der Waals surface area contributed by atoms with Crippen molar-refractivity contribution in [3.63, 3.8) is 0 Å². The zero-order valence-electron chi connectivity index (χ0n) is 27.4. The molecule has 0 aromatic rings. The summed E-state index contributed by atoms with van der Waals surface area (Å²) in [6, 6.07) is 0. The van der Waals surface area contributed by atoms with Gasteiger partial charge in [0.15, 0.2) is 6.10 Å². The van der Waals surface area contributed by atoms with Crippen LogP contribution in [0.5, 0.6) is 0 Å². The maximum Gasteiger partial charge on any atom is 0.469 e. The first-order valence-electron chi connectivity index (χ1n) is 17.1. The number of rotatable bonds is 31. The Morgan fingerprint density at radius 1 is 0.605 bits per heavy atom. The average Bonchev–Trinajstić information content (AvgIpc) is 2.97. The highest BCUT2D eigenvalue weighted by atomic mass is 31.2. The quantitative estimate of drug-likeness (QED) is 0.0336. The van der Waals surface area contributed by atoms with Gasteiger partial charge in [-0.25, -0.2) is 4.57 Å². The summed E-state index contributed by atoms with van der Waals surface area (Å²) in [5.41, 5.74) is 0. The summed E-state index contributed by atoms with van der Waals surface area (Å²) in [6.07, 6.45) is 32.0. The van der Waals surface area contributed by atoms with E-state index in [9.17, 15) is 14.2 Å². The molecule has 0 aromatic carbocycles. The van der Waals surface area contributed by atoms with Crippen LogP contribution < -0.4 is 0 Å². The zero-order chi connectivity index (χ0) is 31.9. The minimum atomic E-state index is -4.75. The first kappa shape index (κ1) is 41.5. The van der Waals surface area contributed by atoms with E-state index in [1.165, 1.54) is 96.3 Å². The number of unbranched alkanes of at least 4 members (excludes halogenated alkanes) is 17. The monoisotopic (exact) mass is 630 g/mol. The van der Waals surface area contributed by atoms with Crippen LogP contribution in [-0.4, -0.2) is 41.0 Å². The molecule has 9 heteroatoms. The van der Waals surface area contributed by atoms with Gasteiger partial charge in [-0.3, -0.25) is 14.1 Å². The third-order valence-electron chi connectivity index (χ3n) is 7.24. The molecule has 1 atom stereocenters. The second-order valence-electron chi connectivity index (χ2n) is 11.5. The number of allylic oxidation sites excluding steroid dienone is 4. The lowest BCUT2D eigenvalue weighted by Crippen LogP contribution is -2.29. The van der Waals surface area contributed by atoms with Gasteiger partial charge in [0.2, 0.25) is 0 Å². The van der Waals surface area contributed by atoms with Crippen molar-refractivity contribution in [1.29, 1.82) is 0 Å². The summed E-state index contributed by atoms with van der Waals surface area (Å²) < 4.78 is 26.1. The van der Waals surface area contributed by atoms with Gasteiger partial charge in [-0.15, -0.1) is 0 Å². The van der Waals surface area contributed by atoms with E-state index in [0.29, 0.717) is 6.42 Å². The second-order valence-corrected chi connectivity index (χ2v) is 12.7. The minimum absolute atomic E-state index is 0.108. The summed E-state index contributed by atoms with van der Waals surface area (Å²) in [4.78, 5) is 42.5. The molecule has 0 saturated carbocycles. The molecule has 0 radical (unpaired) electrons. The van der Waals surface area contributed by atoms with E-state index in [4.69, 9.17) is 19.3 Å².